The van der Waals surface area contributed by atoms with Gasteiger partial charge in [0.1, 0.15) is 5.75 Å². The molecule has 0 saturated heterocycles. The number of rotatable bonds is 17. The summed E-state index contributed by atoms with van der Waals surface area (Å²) in [7, 11) is 0. The monoisotopic (exact) mass is 642 g/mol. The van der Waals surface area contributed by atoms with Crippen molar-refractivity contribution in [2.24, 2.45) is 0 Å². The maximum Gasteiger partial charge on any atom is 0.573 e. The molecule has 0 radical (unpaired) electrons. The molecule has 11 heteroatoms. The van der Waals surface area contributed by atoms with Gasteiger partial charge < -0.3 is 20.1 Å². The maximum atomic E-state index is 12.6. The Morgan fingerprint density at radius 2 is 1.46 bits per heavy atom. The van der Waals surface area contributed by atoms with E-state index in [1.54, 1.807) is 18.2 Å². The Labute approximate surface area is 247 Å². The second kappa shape index (κ2) is 17.7. The van der Waals surface area contributed by atoms with E-state index in [-0.39, 0.29) is 19.0 Å². The van der Waals surface area contributed by atoms with E-state index in [9.17, 15) is 32.7 Å². The predicted molar refractivity (Wildman–Crippen MR) is 153 cm³/mol. The highest BCUT2D eigenvalue weighted by Gasteiger charge is 2.31. The van der Waals surface area contributed by atoms with Crippen LogP contribution < -0.4 is 10.1 Å². The summed E-state index contributed by atoms with van der Waals surface area (Å²) >= 11 is 3.40. The van der Waals surface area contributed by atoms with E-state index in [0.29, 0.717) is 27.7 Å². The van der Waals surface area contributed by atoms with Gasteiger partial charge in [-0.3, -0.25) is 9.59 Å². The highest BCUT2D eigenvalue weighted by molar-refractivity contribution is 9.10. The first-order valence-electron chi connectivity index (χ1n) is 13.9. The Kier molecular flexibility index (Phi) is 14.7. The van der Waals surface area contributed by atoms with Gasteiger partial charge in [-0.05, 0) is 41.8 Å². The summed E-state index contributed by atoms with van der Waals surface area (Å²) in [5.41, 5.74) is 1.39. The lowest BCUT2D eigenvalue weighted by molar-refractivity contribution is -0.274. The third-order valence-electron chi connectivity index (χ3n) is 6.49. The standard InChI is InChI=1S/C30H38BrF3N2O5/c1-2-3-4-5-6-7-8-9-10-11-18-35-27(37)23-14-15-24(26(31)19-23)21-36(28(38)29(39)40)20-22-12-16-25(17-13-22)41-30(32,33)34/h12-17,19H,2-11,18,20-21H2,1H3,(H,35,37)(H,39,40). The van der Waals surface area contributed by atoms with Gasteiger partial charge in [0.25, 0.3) is 5.91 Å². The van der Waals surface area contributed by atoms with Crippen LogP contribution in [0.5, 0.6) is 5.75 Å². The molecule has 226 valence electrons. The first kappa shape index (κ1) is 34.1. The first-order chi connectivity index (χ1) is 19.5. The molecule has 0 aromatic heterocycles. The van der Waals surface area contributed by atoms with E-state index in [1.807, 2.05) is 0 Å². The van der Waals surface area contributed by atoms with Gasteiger partial charge >= 0.3 is 18.2 Å². The van der Waals surface area contributed by atoms with Crippen molar-refractivity contribution in [2.75, 3.05) is 6.54 Å². The van der Waals surface area contributed by atoms with Crippen LogP contribution in [0.3, 0.4) is 0 Å². The minimum atomic E-state index is -4.84. The summed E-state index contributed by atoms with van der Waals surface area (Å²) in [5, 5.41) is 12.2. The average molecular weight is 644 g/mol. The number of carboxylic acid groups (broad SMARTS) is 1. The molecule has 2 aromatic rings. The highest BCUT2D eigenvalue weighted by Crippen LogP contribution is 2.25. The van der Waals surface area contributed by atoms with Crippen LogP contribution in [0, 0.1) is 0 Å². The molecule has 0 spiro atoms. The molecule has 0 aliphatic rings. The van der Waals surface area contributed by atoms with Gasteiger partial charge in [-0.2, -0.15) is 0 Å². The maximum absolute atomic E-state index is 12.6. The number of nitrogens with one attached hydrogen (secondary N) is 1. The number of alkyl halides is 3. The van der Waals surface area contributed by atoms with Crippen molar-refractivity contribution in [3.8, 4) is 5.75 Å². The number of hydrogen-bond acceptors (Lipinski definition) is 4. The lowest BCUT2D eigenvalue weighted by Gasteiger charge is -2.22. The van der Waals surface area contributed by atoms with Gasteiger partial charge in [-0.25, -0.2) is 4.79 Å². The van der Waals surface area contributed by atoms with Gasteiger partial charge in [0.15, 0.2) is 0 Å². The second-order valence-electron chi connectivity index (χ2n) is 9.90. The molecular formula is C30H38BrF3N2O5. The molecule has 0 fully saturated rings. The largest absolute Gasteiger partial charge is 0.573 e. The summed E-state index contributed by atoms with van der Waals surface area (Å²) in [6.45, 7) is 2.52. The fourth-order valence-electron chi connectivity index (χ4n) is 4.29. The number of carbonyl (C=O) groups is 3. The van der Waals surface area contributed by atoms with Crippen LogP contribution in [-0.4, -0.2) is 40.7 Å². The van der Waals surface area contributed by atoms with Crippen molar-refractivity contribution >= 4 is 33.7 Å². The summed E-state index contributed by atoms with van der Waals surface area (Å²) in [4.78, 5) is 37.4. The highest BCUT2D eigenvalue weighted by atomic mass is 79.9. The number of carbonyl (C=O) groups excluding carboxylic acids is 2. The smallest absolute Gasteiger partial charge is 0.474 e. The van der Waals surface area contributed by atoms with Gasteiger partial charge in [-0.1, -0.05) is 98.8 Å². The normalized spacial score (nSPS) is 11.2. The van der Waals surface area contributed by atoms with Crippen LogP contribution in [0.4, 0.5) is 13.2 Å². The molecule has 0 saturated carbocycles. The minimum Gasteiger partial charge on any atom is -0.474 e. The van der Waals surface area contributed by atoms with E-state index in [1.165, 1.54) is 57.1 Å². The zero-order valence-corrected chi connectivity index (χ0v) is 24.9. The Balaban J connectivity index is 1.87. The number of aliphatic carboxylic acids is 1. The fraction of sp³-hybridized carbons (Fsp3) is 0.500. The van der Waals surface area contributed by atoms with Crippen LogP contribution in [0.15, 0.2) is 46.9 Å². The Morgan fingerprint density at radius 3 is 2.00 bits per heavy atom. The second-order valence-corrected chi connectivity index (χ2v) is 10.8. The molecule has 0 aliphatic carbocycles. The molecule has 0 unspecified atom stereocenters. The molecule has 2 rings (SSSR count). The number of benzene rings is 2. The molecule has 7 nitrogen and oxygen atoms in total. The van der Waals surface area contributed by atoms with Crippen molar-refractivity contribution in [3.05, 3.63) is 63.6 Å². The molecular weight excluding hydrogens is 605 g/mol. The van der Waals surface area contributed by atoms with E-state index in [4.69, 9.17) is 0 Å². The lowest BCUT2D eigenvalue weighted by Crippen LogP contribution is -2.35. The third-order valence-corrected chi connectivity index (χ3v) is 7.23. The minimum absolute atomic E-state index is 0.104. The Bertz CT molecular complexity index is 1130. The molecule has 0 heterocycles. The van der Waals surface area contributed by atoms with Crippen molar-refractivity contribution < 1.29 is 37.4 Å². The Hall–Kier alpha value is -3.08. The number of amides is 2. The lowest BCUT2D eigenvalue weighted by atomic mass is 10.1. The summed E-state index contributed by atoms with van der Waals surface area (Å²) in [5.74, 6) is -3.50. The molecule has 0 atom stereocenters. The number of carboxylic acids is 1. The molecule has 0 bridgehead atoms. The zero-order valence-electron chi connectivity index (χ0n) is 23.3. The first-order valence-corrected chi connectivity index (χ1v) is 14.7. The van der Waals surface area contributed by atoms with Crippen LogP contribution >= 0.6 is 15.9 Å². The summed E-state index contributed by atoms with van der Waals surface area (Å²) < 4.78 is 41.6. The molecule has 0 aliphatic heterocycles. The van der Waals surface area contributed by atoms with Gasteiger partial charge in [0, 0.05) is 29.7 Å². The SMILES string of the molecule is CCCCCCCCCCCCNC(=O)c1ccc(CN(Cc2ccc(OC(F)(F)F)cc2)C(=O)C(=O)O)c(Br)c1. The van der Waals surface area contributed by atoms with E-state index < -0.39 is 24.0 Å². The number of unbranched alkanes of at least 4 members (excludes halogenated alkanes) is 9. The van der Waals surface area contributed by atoms with E-state index in [2.05, 4.69) is 32.9 Å². The number of ether oxygens (including phenoxy) is 1. The van der Waals surface area contributed by atoms with Gasteiger partial charge in [-0.15, -0.1) is 13.2 Å². The Morgan fingerprint density at radius 1 is 0.878 bits per heavy atom. The summed E-state index contributed by atoms with van der Waals surface area (Å²) in [6.07, 6.45) is 7.24. The van der Waals surface area contributed by atoms with Crippen molar-refractivity contribution in [2.45, 2.75) is 90.6 Å². The van der Waals surface area contributed by atoms with Gasteiger partial charge in [0.2, 0.25) is 0 Å². The predicted octanol–water partition coefficient (Wildman–Crippen LogP) is 7.61. The molecule has 2 aromatic carbocycles. The average Bonchev–Trinajstić information content (AvgIpc) is 2.91. The quantitative estimate of drug-likeness (QED) is 0.137. The van der Waals surface area contributed by atoms with Crippen LogP contribution in [0.25, 0.3) is 0 Å². The van der Waals surface area contributed by atoms with E-state index >= 15 is 0 Å². The van der Waals surface area contributed by atoms with E-state index in [0.717, 1.165) is 36.3 Å². The van der Waals surface area contributed by atoms with Crippen LogP contribution in [-0.2, 0) is 22.7 Å². The summed E-state index contributed by atoms with van der Waals surface area (Å²) in [6, 6.07) is 9.65. The molecule has 41 heavy (non-hydrogen) atoms. The number of hydrogen-bond donors (Lipinski definition) is 2. The van der Waals surface area contributed by atoms with Crippen LogP contribution in [0.1, 0.15) is 92.6 Å². The fourth-order valence-corrected chi connectivity index (χ4v) is 4.79. The molecule has 2 amide bonds. The number of halogens is 4. The third kappa shape index (κ3) is 13.4. The number of nitrogens with zero attached hydrogens (tertiary/aromatic N) is 1. The van der Waals surface area contributed by atoms with Crippen molar-refractivity contribution in [1.29, 1.82) is 0 Å². The van der Waals surface area contributed by atoms with Crippen LogP contribution in [0.2, 0.25) is 0 Å². The van der Waals surface area contributed by atoms with Crippen molar-refractivity contribution in [3.63, 3.8) is 0 Å². The van der Waals surface area contributed by atoms with Gasteiger partial charge in [0.05, 0.1) is 0 Å². The molecule has 2 N–H and O–H groups in total. The zero-order chi connectivity index (χ0) is 30.3. The topological polar surface area (TPSA) is 95.9 Å². The van der Waals surface area contributed by atoms with Crippen molar-refractivity contribution in [1.82, 2.24) is 10.2 Å².